The Bertz CT molecular complexity index is 854. The zero-order chi connectivity index (χ0) is 20.3. The second-order valence-corrected chi connectivity index (χ2v) is 8.45. The minimum absolute atomic E-state index is 0.249. The quantitative estimate of drug-likeness (QED) is 0.658. The fourth-order valence-electron chi connectivity index (χ4n) is 3.20. The molecule has 2 N–H and O–H groups in total. The van der Waals surface area contributed by atoms with Crippen molar-refractivity contribution in [2.24, 2.45) is 0 Å². The molecule has 0 saturated carbocycles. The van der Waals surface area contributed by atoms with Crippen LogP contribution in [0.3, 0.4) is 0 Å². The lowest BCUT2D eigenvalue weighted by Crippen LogP contribution is -2.27. The smallest absolute Gasteiger partial charge is 0.127 e. The number of thioether (sulfide) groups is 1. The molecule has 28 heavy (non-hydrogen) atoms. The maximum Gasteiger partial charge on any atom is 0.127 e. The van der Waals surface area contributed by atoms with Crippen molar-refractivity contribution in [2.75, 3.05) is 13.8 Å². The summed E-state index contributed by atoms with van der Waals surface area (Å²) in [6.07, 6.45) is 4.03. The van der Waals surface area contributed by atoms with E-state index in [1.54, 1.807) is 12.1 Å². The number of halogens is 1. The van der Waals surface area contributed by atoms with Gasteiger partial charge >= 0.3 is 0 Å². The van der Waals surface area contributed by atoms with Crippen LogP contribution in [-0.2, 0) is 13.2 Å². The standard InChI is InChI=1S/C22H25FO4S/c1-22(2)7-6-14-9-17(4-5-19(14)27-22)28-21(11-23)15-8-16(12-24)18(13-25)20(10-15)26-3/h4-10,21,24-25H,11-13H2,1-3H3/i23-1. The SMILES string of the molecule is COc1cc(C(C[18F])Sc2ccc3c(c2)C=CC(C)(C)O3)cc(CO)c1CO. The minimum Gasteiger partial charge on any atom is -0.496 e. The Labute approximate surface area is 169 Å². The zero-order valence-corrected chi connectivity index (χ0v) is 17.1. The first-order valence-electron chi connectivity index (χ1n) is 9.07. The lowest BCUT2D eigenvalue weighted by Gasteiger charge is -2.28. The van der Waals surface area contributed by atoms with Crippen molar-refractivity contribution in [3.8, 4) is 11.5 Å². The molecule has 0 fully saturated rings. The van der Waals surface area contributed by atoms with Gasteiger partial charge in [-0.2, -0.15) is 0 Å². The van der Waals surface area contributed by atoms with Crippen molar-refractivity contribution in [3.63, 3.8) is 0 Å². The van der Waals surface area contributed by atoms with Crippen LogP contribution in [0.2, 0.25) is 0 Å². The summed E-state index contributed by atoms with van der Waals surface area (Å²) < 4.78 is 25.2. The van der Waals surface area contributed by atoms with Crippen LogP contribution < -0.4 is 9.47 Å². The van der Waals surface area contributed by atoms with E-state index >= 15 is 0 Å². The average Bonchev–Trinajstić information content (AvgIpc) is 2.70. The Morgan fingerprint density at radius 1 is 1.18 bits per heavy atom. The lowest BCUT2D eigenvalue weighted by molar-refractivity contribution is 0.159. The number of methoxy groups -OCH3 is 1. The molecule has 4 nitrogen and oxygen atoms in total. The van der Waals surface area contributed by atoms with E-state index in [1.807, 2.05) is 44.2 Å². The highest BCUT2D eigenvalue weighted by molar-refractivity contribution is 7.99. The summed E-state index contributed by atoms with van der Waals surface area (Å²) >= 11 is 1.40. The van der Waals surface area contributed by atoms with Gasteiger partial charge in [-0.05, 0) is 55.3 Å². The first-order chi connectivity index (χ1) is 13.4. The predicted octanol–water partition coefficient (Wildman–Crippen LogP) is 4.67. The number of benzene rings is 2. The van der Waals surface area contributed by atoms with E-state index in [2.05, 4.69) is 0 Å². The molecule has 1 atom stereocenters. The highest BCUT2D eigenvalue weighted by Crippen LogP contribution is 2.41. The fourth-order valence-corrected chi connectivity index (χ4v) is 4.20. The largest absolute Gasteiger partial charge is 0.496 e. The Balaban J connectivity index is 1.89. The summed E-state index contributed by atoms with van der Waals surface area (Å²) in [5.41, 5.74) is 2.40. The average molecular weight is 404 g/mol. The minimum atomic E-state index is -0.576. The van der Waals surface area contributed by atoms with Crippen LogP contribution in [0.4, 0.5) is 4.39 Å². The number of ether oxygens (including phenoxy) is 2. The van der Waals surface area contributed by atoms with Gasteiger partial charge in [0.25, 0.3) is 0 Å². The number of aliphatic hydroxyl groups is 2. The topological polar surface area (TPSA) is 58.9 Å². The van der Waals surface area contributed by atoms with Gasteiger partial charge in [-0.15, -0.1) is 11.8 Å². The second-order valence-electron chi connectivity index (χ2n) is 7.18. The van der Waals surface area contributed by atoms with Gasteiger partial charge in [-0.25, -0.2) is 4.39 Å². The first-order valence-corrected chi connectivity index (χ1v) is 9.95. The highest BCUT2D eigenvalue weighted by atomic mass is 32.2. The number of fused-ring (bicyclic) bond motifs is 1. The summed E-state index contributed by atoms with van der Waals surface area (Å²) in [5.74, 6) is 1.26. The van der Waals surface area contributed by atoms with Crippen molar-refractivity contribution in [2.45, 2.75) is 42.8 Å². The second kappa shape index (κ2) is 8.55. The van der Waals surface area contributed by atoms with E-state index in [9.17, 15) is 14.6 Å². The van der Waals surface area contributed by atoms with Crippen LogP contribution in [0, 0.1) is 0 Å². The summed E-state index contributed by atoms with van der Waals surface area (Å²) in [6.45, 7) is 2.92. The molecular weight excluding hydrogens is 378 g/mol. The summed E-state index contributed by atoms with van der Waals surface area (Å²) in [4.78, 5) is 0.921. The number of hydrogen-bond donors (Lipinski definition) is 2. The summed E-state index contributed by atoms with van der Waals surface area (Å²) in [6, 6.07) is 9.28. The number of hydrogen-bond acceptors (Lipinski definition) is 5. The van der Waals surface area contributed by atoms with Crippen LogP contribution in [0.1, 0.15) is 41.4 Å². The fraction of sp³-hybridized carbons (Fsp3) is 0.364. The molecule has 2 aromatic rings. The molecular formula is C22H25FO4S. The lowest BCUT2D eigenvalue weighted by atomic mass is 10.0. The summed E-state index contributed by atoms with van der Waals surface area (Å²) in [7, 11) is 1.49. The van der Waals surface area contributed by atoms with Gasteiger partial charge in [0.15, 0.2) is 0 Å². The Hall–Kier alpha value is -2.02. The first kappa shape index (κ1) is 20.7. The third-order valence-electron chi connectivity index (χ3n) is 4.68. The van der Waals surface area contributed by atoms with Crippen molar-refractivity contribution in [1.29, 1.82) is 0 Å². The molecule has 150 valence electrons. The molecule has 1 unspecified atom stereocenters. The van der Waals surface area contributed by atoms with E-state index in [0.29, 0.717) is 22.4 Å². The Morgan fingerprint density at radius 2 is 1.96 bits per heavy atom. The molecule has 0 spiro atoms. The zero-order valence-electron chi connectivity index (χ0n) is 16.2. The van der Waals surface area contributed by atoms with Gasteiger partial charge in [-0.1, -0.05) is 12.1 Å². The van der Waals surface area contributed by atoms with Crippen LogP contribution in [-0.4, -0.2) is 29.6 Å². The number of aliphatic hydroxyl groups excluding tert-OH is 2. The normalized spacial score (nSPS) is 15.6. The molecule has 6 heteroatoms. The molecule has 0 amide bonds. The molecule has 1 heterocycles. The maximum absolute atomic E-state index is 13.9. The van der Waals surface area contributed by atoms with E-state index in [1.165, 1.54) is 18.9 Å². The third-order valence-corrected chi connectivity index (χ3v) is 5.89. The molecule has 0 aliphatic carbocycles. The molecule has 0 saturated heterocycles. The molecule has 0 radical (unpaired) electrons. The van der Waals surface area contributed by atoms with Gasteiger partial charge in [0.05, 0.1) is 25.6 Å². The van der Waals surface area contributed by atoms with E-state index in [0.717, 1.165) is 16.2 Å². The van der Waals surface area contributed by atoms with Crippen LogP contribution in [0.5, 0.6) is 11.5 Å². The molecule has 0 aromatic heterocycles. The number of alkyl halides is 1. The van der Waals surface area contributed by atoms with Crippen molar-refractivity contribution >= 4 is 17.8 Å². The third kappa shape index (κ3) is 4.35. The van der Waals surface area contributed by atoms with E-state index < -0.39 is 11.9 Å². The van der Waals surface area contributed by atoms with Crippen LogP contribution >= 0.6 is 11.8 Å². The maximum atomic E-state index is 13.9. The molecule has 1 aliphatic rings. The van der Waals surface area contributed by atoms with Crippen molar-refractivity contribution in [1.82, 2.24) is 0 Å². The van der Waals surface area contributed by atoms with Gasteiger partial charge < -0.3 is 19.7 Å². The van der Waals surface area contributed by atoms with Crippen LogP contribution in [0.25, 0.3) is 6.08 Å². The predicted molar refractivity (Wildman–Crippen MR) is 110 cm³/mol. The van der Waals surface area contributed by atoms with Crippen molar-refractivity contribution in [3.05, 3.63) is 58.7 Å². The Kier molecular flexibility index (Phi) is 6.33. The monoisotopic (exact) mass is 403 g/mol. The van der Waals surface area contributed by atoms with Gasteiger partial charge in [0.2, 0.25) is 0 Å². The highest BCUT2D eigenvalue weighted by Gasteiger charge is 2.23. The van der Waals surface area contributed by atoms with E-state index in [-0.39, 0.29) is 18.8 Å². The van der Waals surface area contributed by atoms with Gasteiger partial charge in [0, 0.05) is 16.0 Å². The van der Waals surface area contributed by atoms with Crippen molar-refractivity contribution < 1.29 is 24.1 Å². The molecule has 0 bridgehead atoms. The summed E-state index contributed by atoms with van der Waals surface area (Å²) in [5, 5.41) is 18.7. The Morgan fingerprint density at radius 3 is 2.61 bits per heavy atom. The number of rotatable bonds is 7. The van der Waals surface area contributed by atoms with Gasteiger partial charge in [0.1, 0.15) is 23.8 Å². The molecule has 2 aromatic carbocycles. The van der Waals surface area contributed by atoms with E-state index in [4.69, 9.17) is 9.47 Å². The van der Waals surface area contributed by atoms with Crippen LogP contribution in [0.15, 0.2) is 41.3 Å². The molecule has 3 rings (SSSR count). The molecule has 1 aliphatic heterocycles. The van der Waals surface area contributed by atoms with Gasteiger partial charge in [-0.3, -0.25) is 0 Å².